The summed E-state index contributed by atoms with van der Waals surface area (Å²) in [7, 11) is 0. The van der Waals surface area contributed by atoms with Crippen LogP contribution in [0.1, 0.15) is 26.7 Å². The molecule has 0 N–H and O–H groups in total. The predicted molar refractivity (Wildman–Crippen MR) is 127 cm³/mol. The van der Waals surface area contributed by atoms with Gasteiger partial charge in [0.05, 0.1) is 6.61 Å². The maximum absolute atomic E-state index is 13.4. The van der Waals surface area contributed by atoms with Crippen LogP contribution in [0.3, 0.4) is 0 Å². The second-order valence-corrected chi connectivity index (χ2v) is 10.5. The van der Waals surface area contributed by atoms with Gasteiger partial charge in [0.25, 0.3) is 0 Å². The highest BCUT2D eigenvalue weighted by Gasteiger charge is 2.33. The monoisotopic (exact) mass is 418 g/mol. The number of rotatable bonds is 8. The Morgan fingerprint density at radius 2 is 1.10 bits per heavy atom. The third kappa shape index (κ3) is 4.47. The third-order valence-corrected chi connectivity index (χ3v) is 9.49. The lowest BCUT2D eigenvalue weighted by Crippen LogP contribution is -2.34. The van der Waals surface area contributed by atoms with E-state index in [0.717, 1.165) is 15.9 Å². The molecule has 0 spiro atoms. The lowest BCUT2D eigenvalue weighted by atomic mass is 10.2. The van der Waals surface area contributed by atoms with E-state index in [9.17, 15) is 9.59 Å². The molecule has 0 aliphatic rings. The average molecular weight is 418 g/mol. The van der Waals surface area contributed by atoms with Gasteiger partial charge in [0.15, 0.2) is 0 Å². The van der Waals surface area contributed by atoms with Gasteiger partial charge in [-0.15, -0.1) is 0 Å². The smallest absolute Gasteiger partial charge is 0.335 e. The molecule has 3 nitrogen and oxygen atoms in total. The topological polar surface area (TPSA) is 43.4 Å². The van der Waals surface area contributed by atoms with Gasteiger partial charge in [0.1, 0.15) is 5.78 Å². The van der Waals surface area contributed by atoms with Crippen LogP contribution in [0.4, 0.5) is 0 Å². The molecule has 0 atom stereocenters. The number of carbonyl (C=O) groups excluding carboxylic acids is 2. The molecule has 3 aromatic carbocycles. The summed E-state index contributed by atoms with van der Waals surface area (Å²) < 4.78 is 5.55. The molecule has 154 valence electrons. The Bertz CT molecular complexity index is 938. The molecule has 0 heterocycles. The molecule has 0 radical (unpaired) electrons. The molecule has 0 aromatic heterocycles. The van der Waals surface area contributed by atoms with Crippen molar-refractivity contribution < 1.29 is 14.3 Å². The second-order valence-electron chi connectivity index (χ2n) is 7.05. The molecule has 3 rings (SSSR count). The van der Waals surface area contributed by atoms with Crippen molar-refractivity contribution in [1.82, 2.24) is 0 Å². The zero-order chi connectivity index (χ0) is 21.4. The summed E-state index contributed by atoms with van der Waals surface area (Å²) >= 11 is 0. The van der Waals surface area contributed by atoms with Gasteiger partial charge in [-0.2, -0.15) is 0 Å². The lowest BCUT2D eigenvalue weighted by molar-refractivity contribution is -0.134. The van der Waals surface area contributed by atoms with Crippen molar-refractivity contribution in [3.8, 4) is 0 Å². The Hall–Kier alpha value is -2.90. The SMILES string of the molecule is CCOC(=O)C(CCC(C)=O)=P(c1ccccc1)(c1ccccc1)c1ccccc1. The number of hydrogen-bond donors (Lipinski definition) is 0. The molecule has 0 aliphatic carbocycles. The molecular weight excluding hydrogens is 391 g/mol. The van der Waals surface area contributed by atoms with Gasteiger partial charge >= 0.3 is 5.97 Å². The molecule has 0 unspecified atom stereocenters. The van der Waals surface area contributed by atoms with Gasteiger partial charge in [-0.3, -0.25) is 0 Å². The summed E-state index contributed by atoms with van der Waals surface area (Å²) in [6, 6.07) is 30.5. The molecule has 0 fully saturated rings. The highest BCUT2D eigenvalue weighted by molar-refractivity contribution is 7.96. The third-order valence-electron chi connectivity index (χ3n) is 5.06. The van der Waals surface area contributed by atoms with Crippen molar-refractivity contribution in [2.75, 3.05) is 6.61 Å². The van der Waals surface area contributed by atoms with Gasteiger partial charge in [-0.1, -0.05) is 91.0 Å². The number of carbonyl (C=O) groups is 2. The van der Waals surface area contributed by atoms with Crippen LogP contribution in [-0.2, 0) is 14.3 Å². The number of ketones is 1. The number of esters is 1. The van der Waals surface area contributed by atoms with Gasteiger partial charge in [0, 0.05) is 11.7 Å². The minimum absolute atomic E-state index is 0.0593. The highest BCUT2D eigenvalue weighted by Crippen LogP contribution is 2.47. The first kappa shape index (κ1) is 21.8. The maximum atomic E-state index is 13.4. The first-order valence-corrected chi connectivity index (χ1v) is 12.0. The zero-order valence-corrected chi connectivity index (χ0v) is 18.3. The van der Waals surface area contributed by atoms with E-state index in [-0.39, 0.29) is 11.8 Å². The second kappa shape index (κ2) is 10.2. The quantitative estimate of drug-likeness (QED) is 0.409. The zero-order valence-electron chi connectivity index (χ0n) is 17.5. The number of ether oxygens (including phenoxy) is 1. The predicted octanol–water partition coefficient (Wildman–Crippen LogP) is 4.09. The Morgan fingerprint density at radius 1 is 0.700 bits per heavy atom. The summed E-state index contributed by atoms with van der Waals surface area (Å²) in [6.07, 6.45) is 0.684. The molecule has 0 saturated heterocycles. The van der Waals surface area contributed by atoms with Crippen molar-refractivity contribution >= 4 is 39.8 Å². The molecule has 3 aromatic rings. The fourth-order valence-electron chi connectivity index (χ4n) is 3.79. The van der Waals surface area contributed by atoms with Crippen molar-refractivity contribution in [1.29, 1.82) is 0 Å². The summed E-state index contributed by atoms with van der Waals surface area (Å²) in [5.74, 6) is -0.257. The van der Waals surface area contributed by atoms with E-state index in [4.69, 9.17) is 4.74 Å². The van der Waals surface area contributed by atoms with Gasteiger partial charge in [0.2, 0.25) is 0 Å². The molecule has 0 aliphatic heterocycles. The van der Waals surface area contributed by atoms with Crippen LogP contribution >= 0.6 is 6.89 Å². The molecule has 0 saturated carbocycles. The van der Waals surface area contributed by atoms with Gasteiger partial charge in [-0.05, 0) is 43.1 Å². The van der Waals surface area contributed by atoms with Crippen LogP contribution in [0.5, 0.6) is 0 Å². The summed E-state index contributed by atoms with van der Waals surface area (Å²) in [6.45, 7) is 1.16. The van der Waals surface area contributed by atoms with Crippen LogP contribution in [0.25, 0.3) is 0 Å². The van der Waals surface area contributed by atoms with Crippen molar-refractivity contribution in [3.05, 3.63) is 91.0 Å². The van der Waals surface area contributed by atoms with Crippen molar-refractivity contribution in [2.24, 2.45) is 0 Å². The lowest BCUT2D eigenvalue weighted by Gasteiger charge is -2.32. The maximum Gasteiger partial charge on any atom is 0.335 e. The summed E-state index contributed by atoms with van der Waals surface area (Å²) in [5.41, 5.74) is 0. The van der Waals surface area contributed by atoms with E-state index >= 15 is 0 Å². The van der Waals surface area contributed by atoms with Crippen molar-refractivity contribution in [2.45, 2.75) is 26.7 Å². The molecule has 0 amide bonds. The minimum Gasteiger partial charge on any atom is -0.463 e. The first-order chi connectivity index (χ1) is 14.6. The average Bonchev–Trinajstić information content (AvgIpc) is 2.78. The van der Waals surface area contributed by atoms with Crippen LogP contribution in [0.15, 0.2) is 91.0 Å². The highest BCUT2D eigenvalue weighted by atomic mass is 31.2. The van der Waals surface area contributed by atoms with Crippen LogP contribution in [-0.4, -0.2) is 23.7 Å². The number of benzene rings is 3. The van der Waals surface area contributed by atoms with E-state index in [1.54, 1.807) is 6.92 Å². The largest absolute Gasteiger partial charge is 0.463 e. The van der Waals surface area contributed by atoms with E-state index in [1.165, 1.54) is 0 Å². The van der Waals surface area contributed by atoms with Crippen LogP contribution in [0, 0.1) is 0 Å². The normalized spacial score (nSPS) is 11.0. The van der Waals surface area contributed by atoms with Crippen molar-refractivity contribution in [3.63, 3.8) is 0 Å². The first-order valence-electron chi connectivity index (χ1n) is 10.2. The van der Waals surface area contributed by atoms with E-state index in [1.807, 2.05) is 61.5 Å². The number of Topliss-reactive ketones (excluding diaryl/α,β-unsaturated/α-hetero) is 1. The van der Waals surface area contributed by atoms with Crippen LogP contribution < -0.4 is 15.9 Å². The van der Waals surface area contributed by atoms with Gasteiger partial charge in [-0.25, -0.2) is 4.79 Å². The fraction of sp³-hybridized carbons (Fsp3) is 0.192. The molecule has 0 bridgehead atoms. The fourth-order valence-corrected chi connectivity index (χ4v) is 8.26. The van der Waals surface area contributed by atoms with Crippen LogP contribution in [0.2, 0.25) is 0 Å². The Balaban J connectivity index is 2.52. The van der Waals surface area contributed by atoms with E-state index < -0.39 is 6.89 Å². The van der Waals surface area contributed by atoms with E-state index in [0.29, 0.717) is 24.7 Å². The molecular formula is C26H27O3P. The number of hydrogen-bond acceptors (Lipinski definition) is 3. The van der Waals surface area contributed by atoms with Gasteiger partial charge < -0.3 is 9.53 Å². The van der Waals surface area contributed by atoms with E-state index in [2.05, 4.69) is 36.4 Å². The molecule has 30 heavy (non-hydrogen) atoms. The minimum atomic E-state index is -2.52. The molecule has 4 heteroatoms. The Labute approximate surface area is 178 Å². The summed E-state index contributed by atoms with van der Waals surface area (Å²) in [5, 5.41) is 3.92. The summed E-state index contributed by atoms with van der Waals surface area (Å²) in [4.78, 5) is 25.3. The standard InChI is InChI=1S/C26H27O3P/c1-3-29-26(28)25(20-19-21(2)27)30(22-13-7-4-8-14-22,23-15-9-5-10-16-23)24-17-11-6-12-18-24/h4-18H,3,19-20H2,1-2H3. The Morgan fingerprint density at radius 3 is 1.43 bits per heavy atom. The Kier molecular flexibility index (Phi) is 7.43.